The van der Waals surface area contributed by atoms with Gasteiger partial charge in [0.2, 0.25) is 0 Å². The summed E-state index contributed by atoms with van der Waals surface area (Å²) < 4.78 is 0. The van der Waals surface area contributed by atoms with Crippen LogP contribution in [0.5, 0.6) is 0 Å². The second kappa shape index (κ2) is 9.79. The molecule has 208 valence electrons. The molecule has 0 N–H and O–H groups in total. The predicted octanol–water partition coefficient (Wildman–Crippen LogP) is 6.35. The summed E-state index contributed by atoms with van der Waals surface area (Å²) in [5.74, 6) is -3.87. The van der Waals surface area contributed by atoms with E-state index in [4.69, 9.17) is 23.2 Å². The first-order valence-corrected chi connectivity index (χ1v) is 14.1. The third-order valence-corrected chi connectivity index (χ3v) is 9.13. The second-order valence-electron chi connectivity index (χ2n) is 10.7. The maximum Gasteiger partial charge on any atom is 0.273 e. The van der Waals surface area contributed by atoms with Crippen LogP contribution < -0.4 is 0 Å². The Labute approximate surface area is 250 Å². The van der Waals surface area contributed by atoms with Crippen LogP contribution in [0.25, 0.3) is 0 Å². The molecule has 1 saturated heterocycles. The van der Waals surface area contributed by atoms with Gasteiger partial charge in [-0.15, -0.1) is 0 Å². The maximum atomic E-state index is 14.4. The Morgan fingerprint density at radius 3 is 1.83 bits per heavy atom. The lowest BCUT2D eigenvalue weighted by Crippen LogP contribution is -2.50. The molecular weight excluding hydrogens is 577 g/mol. The predicted molar refractivity (Wildman–Crippen MR) is 155 cm³/mol. The first kappa shape index (κ1) is 26.4. The average molecular weight is 598 g/mol. The highest BCUT2D eigenvalue weighted by atomic mass is 35.5. The number of hydrogen-bond donors (Lipinski definition) is 0. The Hall–Kier alpha value is -4.53. The highest BCUT2D eigenvalue weighted by molar-refractivity contribution is 6.35. The SMILES string of the molecule is O=C(c1cccc([N+](=O)[O-])c1)N(Cc1ccc(Cl)cc1Cl)N1C(=O)[C@H]2C3c4ccccc4C(c4ccccc43)[C@@H]2C1=O. The molecule has 42 heavy (non-hydrogen) atoms. The van der Waals surface area contributed by atoms with Crippen LogP contribution in [-0.2, 0) is 16.1 Å². The minimum absolute atomic E-state index is 0.0423. The van der Waals surface area contributed by atoms with Gasteiger partial charge in [0.1, 0.15) is 0 Å². The Kier molecular flexibility index (Phi) is 6.15. The number of halogens is 2. The van der Waals surface area contributed by atoms with Gasteiger partial charge >= 0.3 is 0 Å². The van der Waals surface area contributed by atoms with Crippen LogP contribution in [0.2, 0.25) is 10.0 Å². The monoisotopic (exact) mass is 597 g/mol. The van der Waals surface area contributed by atoms with E-state index in [-0.39, 0.29) is 34.7 Å². The Balaban J connectivity index is 1.36. The largest absolute Gasteiger partial charge is 0.273 e. The zero-order valence-electron chi connectivity index (χ0n) is 21.8. The lowest BCUT2D eigenvalue weighted by molar-refractivity contribution is -0.384. The lowest BCUT2D eigenvalue weighted by atomic mass is 9.55. The molecule has 0 spiro atoms. The van der Waals surface area contributed by atoms with E-state index >= 15 is 0 Å². The molecule has 1 fully saturated rings. The number of amides is 3. The summed E-state index contributed by atoms with van der Waals surface area (Å²) in [6, 6.07) is 25.6. The quantitative estimate of drug-likeness (QED) is 0.151. The number of nitro groups is 1. The molecule has 4 aliphatic rings. The van der Waals surface area contributed by atoms with Crippen molar-refractivity contribution in [2.24, 2.45) is 11.8 Å². The molecule has 3 amide bonds. The van der Waals surface area contributed by atoms with Crippen molar-refractivity contribution in [2.45, 2.75) is 18.4 Å². The first-order valence-electron chi connectivity index (χ1n) is 13.3. The minimum Gasteiger partial charge on any atom is -0.272 e. The van der Waals surface area contributed by atoms with Crippen LogP contribution in [0.1, 0.15) is 50.0 Å². The van der Waals surface area contributed by atoms with Gasteiger partial charge in [-0.1, -0.05) is 83.9 Å². The first-order chi connectivity index (χ1) is 20.3. The van der Waals surface area contributed by atoms with Gasteiger partial charge in [0.15, 0.2) is 0 Å². The number of non-ortho nitro benzene ring substituents is 1. The van der Waals surface area contributed by atoms with Crippen molar-refractivity contribution in [3.63, 3.8) is 0 Å². The molecule has 4 aromatic carbocycles. The fourth-order valence-electron chi connectivity index (χ4n) is 6.85. The van der Waals surface area contributed by atoms with E-state index in [0.717, 1.165) is 38.3 Å². The van der Waals surface area contributed by atoms with E-state index in [9.17, 15) is 24.5 Å². The molecule has 3 aliphatic carbocycles. The molecular formula is C32H21Cl2N3O5. The van der Waals surface area contributed by atoms with E-state index in [0.29, 0.717) is 10.6 Å². The van der Waals surface area contributed by atoms with Crippen LogP contribution >= 0.6 is 23.2 Å². The molecule has 0 unspecified atom stereocenters. The topological polar surface area (TPSA) is 101 Å². The zero-order valence-corrected chi connectivity index (χ0v) is 23.3. The van der Waals surface area contributed by atoms with E-state index in [1.54, 1.807) is 12.1 Å². The number of hydrazine groups is 1. The molecule has 4 aromatic rings. The summed E-state index contributed by atoms with van der Waals surface area (Å²) >= 11 is 12.6. The van der Waals surface area contributed by atoms with Crippen molar-refractivity contribution < 1.29 is 19.3 Å². The van der Waals surface area contributed by atoms with Crippen LogP contribution in [0.3, 0.4) is 0 Å². The molecule has 0 aromatic heterocycles. The van der Waals surface area contributed by atoms with E-state index in [1.807, 2.05) is 48.5 Å². The summed E-state index contributed by atoms with van der Waals surface area (Å²) in [5.41, 5.74) is 4.13. The zero-order chi connectivity index (χ0) is 29.3. The number of carbonyl (C=O) groups is 3. The third kappa shape index (κ3) is 3.86. The Bertz CT molecular complexity index is 1730. The fraction of sp³-hybridized carbons (Fsp3) is 0.156. The highest BCUT2D eigenvalue weighted by Crippen LogP contribution is 2.61. The second-order valence-corrected chi connectivity index (χ2v) is 11.5. The van der Waals surface area contributed by atoms with Gasteiger partial charge in [-0.2, -0.15) is 5.01 Å². The van der Waals surface area contributed by atoms with Crippen LogP contribution in [0.15, 0.2) is 91.0 Å². The number of imide groups is 1. The van der Waals surface area contributed by atoms with Crippen molar-refractivity contribution in [3.05, 3.63) is 145 Å². The van der Waals surface area contributed by atoms with Crippen LogP contribution in [0.4, 0.5) is 5.69 Å². The summed E-state index contributed by atoms with van der Waals surface area (Å²) in [4.78, 5) is 53.7. The van der Waals surface area contributed by atoms with E-state index in [1.165, 1.54) is 24.3 Å². The molecule has 8 nitrogen and oxygen atoms in total. The number of hydrogen-bond acceptors (Lipinski definition) is 5. The lowest BCUT2D eigenvalue weighted by Gasteiger charge is -2.45. The van der Waals surface area contributed by atoms with Crippen molar-refractivity contribution in [1.82, 2.24) is 10.0 Å². The summed E-state index contributed by atoms with van der Waals surface area (Å²) in [5, 5.41) is 14.1. The van der Waals surface area contributed by atoms with Crippen LogP contribution in [-0.4, -0.2) is 32.7 Å². The molecule has 0 radical (unpaired) electrons. The fourth-order valence-corrected chi connectivity index (χ4v) is 7.31. The maximum absolute atomic E-state index is 14.4. The normalized spacial score (nSPS) is 21.5. The van der Waals surface area contributed by atoms with Gasteiger partial charge < -0.3 is 0 Å². The molecule has 2 atom stereocenters. The van der Waals surface area contributed by atoms with Crippen LogP contribution in [0, 0.1) is 22.0 Å². The van der Waals surface area contributed by atoms with Crippen molar-refractivity contribution in [1.29, 1.82) is 0 Å². The van der Waals surface area contributed by atoms with E-state index < -0.39 is 34.5 Å². The standard InChI is InChI=1S/C32H21Cl2N3O5/c33-19-13-12-18(25(34)15-19)16-35(30(38)17-6-5-7-20(14-17)37(41)42)36-31(39)28-26-21-8-1-2-9-22(21)27(29(28)32(36)40)24-11-4-3-10-23(24)26/h1-15,26-29H,16H2/t26?,27?,28-,29-/m0/s1. The summed E-state index contributed by atoms with van der Waals surface area (Å²) in [6.07, 6.45) is 0. The number of nitro benzene ring substituents is 1. The smallest absolute Gasteiger partial charge is 0.272 e. The van der Waals surface area contributed by atoms with Crippen molar-refractivity contribution >= 4 is 46.6 Å². The molecule has 10 heteroatoms. The molecule has 1 aliphatic heterocycles. The average Bonchev–Trinajstić information content (AvgIpc) is 3.26. The summed E-state index contributed by atoms with van der Waals surface area (Å²) in [6.45, 7) is -0.232. The number of carbonyl (C=O) groups excluding carboxylic acids is 3. The van der Waals surface area contributed by atoms with Gasteiger partial charge in [0.05, 0.1) is 23.3 Å². The molecule has 1 heterocycles. The van der Waals surface area contributed by atoms with Gasteiger partial charge in [-0.05, 0) is 46.0 Å². The number of nitrogens with zero attached hydrogens (tertiary/aromatic N) is 3. The molecule has 2 bridgehead atoms. The van der Waals surface area contributed by atoms with Gasteiger partial charge in [0, 0.05) is 39.6 Å². The Morgan fingerprint density at radius 1 is 0.786 bits per heavy atom. The summed E-state index contributed by atoms with van der Waals surface area (Å²) in [7, 11) is 0. The molecule has 0 saturated carbocycles. The Morgan fingerprint density at radius 2 is 1.33 bits per heavy atom. The molecule has 8 rings (SSSR count). The number of rotatable bonds is 5. The van der Waals surface area contributed by atoms with Crippen molar-refractivity contribution in [2.75, 3.05) is 0 Å². The number of benzene rings is 4. The highest BCUT2D eigenvalue weighted by Gasteiger charge is 2.63. The van der Waals surface area contributed by atoms with Gasteiger partial charge in [0.25, 0.3) is 23.4 Å². The minimum atomic E-state index is -0.743. The van der Waals surface area contributed by atoms with Gasteiger partial charge in [-0.25, -0.2) is 5.01 Å². The van der Waals surface area contributed by atoms with Gasteiger partial charge in [-0.3, -0.25) is 24.5 Å². The third-order valence-electron chi connectivity index (χ3n) is 8.54. The van der Waals surface area contributed by atoms with E-state index in [2.05, 4.69) is 0 Å². The van der Waals surface area contributed by atoms with Crippen molar-refractivity contribution in [3.8, 4) is 0 Å².